The number of ether oxygens (including phenoxy) is 6. The number of hydrogen-bond donors (Lipinski definition) is 12. The van der Waals surface area contributed by atoms with Crippen molar-refractivity contribution in [1.29, 1.82) is 0 Å². The van der Waals surface area contributed by atoms with E-state index in [2.05, 4.69) is 26.8 Å². The van der Waals surface area contributed by atoms with Gasteiger partial charge in [0.25, 0.3) is 0 Å². The van der Waals surface area contributed by atoms with Gasteiger partial charge in [0.15, 0.2) is 18.9 Å². The lowest BCUT2D eigenvalue weighted by atomic mass is 9.34. The molecule has 0 aromatic carbocycles. The van der Waals surface area contributed by atoms with E-state index in [9.17, 15) is 61.3 Å². The highest BCUT2D eigenvalue weighted by atomic mass is 16.8. The molecule has 66 heavy (non-hydrogen) atoms. The normalized spacial score (nSPS) is 53.5. The number of fused-ring (bicyclic) bond motifs is 5. The van der Waals surface area contributed by atoms with Gasteiger partial charge in [-0.3, -0.25) is 0 Å². The fourth-order valence-electron chi connectivity index (χ4n) is 14.9. The van der Waals surface area contributed by atoms with Gasteiger partial charge in [-0.05, 0) is 124 Å². The monoisotopic (exact) mass is 947 g/mol. The molecule has 3 heterocycles. The molecule has 0 amide bonds. The van der Waals surface area contributed by atoms with E-state index in [1.54, 1.807) is 0 Å². The second-order valence-electron chi connectivity index (χ2n) is 23.0. The van der Waals surface area contributed by atoms with Gasteiger partial charge in [0.05, 0.1) is 43.2 Å². The first-order valence-corrected chi connectivity index (χ1v) is 24.3. The second-order valence-corrected chi connectivity index (χ2v) is 23.0. The SMILES string of the molecule is CC(C)=CCC[C@](C)(O[C@@H]1O[C@H](CO)[C@@H](O)[C@H](O)[C@H]1O)[C@@H]1CC[C@]2(C)[C@H]1[C@H](O)C[C@H]1[C@@]3(C)CC[C@H](O)C(C)(C)[C@@H]3[C@@H](O[C@@H]3O[C@H](CO)[C@@H](O)[C@H](O)[C@H]3O[C@@H]3O[C@@H](C)[C@H](O)[C@@H](O)[C@H]3O)C[C@]12C. The maximum Gasteiger partial charge on any atom is 0.187 e. The van der Waals surface area contributed by atoms with Crippen LogP contribution in [0.25, 0.3) is 0 Å². The summed E-state index contributed by atoms with van der Waals surface area (Å²) >= 11 is 0. The Morgan fingerprint density at radius 1 is 0.682 bits per heavy atom. The molecule has 26 atom stereocenters. The summed E-state index contributed by atoms with van der Waals surface area (Å²) in [7, 11) is 0. The number of aliphatic hydroxyl groups excluding tert-OH is 12. The summed E-state index contributed by atoms with van der Waals surface area (Å²) in [5.41, 5.74) is -2.43. The standard InChI is InChI=1S/C48H82O18/c1-21(2)11-10-14-48(9,66-42-38(60)35(57)32(54)26(19-49)63-42)23-12-16-46(7)30(23)24(51)17-28-45(6)15-13-29(52)44(4,5)40(45)25(18-47(28,46)8)62-43-39(36(58)33(55)27(20-50)64-43)65-41-37(59)34(56)31(53)22(3)61-41/h11,22-43,49-60H,10,12-20H2,1-9H3/t22-,23+,24+,25-,26+,27+,28-,29-,30+,31-,32+,33+,34+,35-,36-,37+,38+,39+,40-,41-,42-,43+,45+,46+,47+,48-/m0/s1. The molecule has 7 rings (SSSR count). The lowest BCUT2D eigenvalue weighted by Gasteiger charge is -2.72. The van der Waals surface area contributed by atoms with Gasteiger partial charge in [-0.2, -0.15) is 0 Å². The van der Waals surface area contributed by atoms with Crippen molar-refractivity contribution in [3.63, 3.8) is 0 Å². The molecular weight excluding hydrogens is 865 g/mol. The highest BCUT2D eigenvalue weighted by molar-refractivity contribution is 5.22. The molecule has 3 aliphatic heterocycles. The summed E-state index contributed by atoms with van der Waals surface area (Å²) in [5.74, 6) is -1.12. The van der Waals surface area contributed by atoms with Crippen LogP contribution in [0.4, 0.5) is 0 Å². The Balaban J connectivity index is 1.27. The molecular formula is C48H82O18. The van der Waals surface area contributed by atoms with Gasteiger partial charge < -0.3 is 89.7 Å². The first-order chi connectivity index (χ1) is 30.7. The van der Waals surface area contributed by atoms with Crippen LogP contribution in [-0.2, 0) is 28.4 Å². The van der Waals surface area contributed by atoms with Gasteiger partial charge in [0.2, 0.25) is 0 Å². The van der Waals surface area contributed by atoms with Crippen LogP contribution in [0, 0.1) is 45.3 Å². The zero-order chi connectivity index (χ0) is 48.8. The number of rotatable bonds is 12. The van der Waals surface area contributed by atoms with E-state index in [4.69, 9.17) is 28.4 Å². The zero-order valence-electron chi connectivity index (χ0n) is 40.2. The predicted molar refractivity (Wildman–Crippen MR) is 234 cm³/mol. The largest absolute Gasteiger partial charge is 0.394 e. The molecule has 0 spiro atoms. The van der Waals surface area contributed by atoms with Crippen molar-refractivity contribution in [2.24, 2.45) is 45.3 Å². The minimum absolute atomic E-state index is 0.0861. The minimum Gasteiger partial charge on any atom is -0.394 e. The Morgan fingerprint density at radius 3 is 1.89 bits per heavy atom. The Labute approximate surface area is 388 Å². The summed E-state index contributed by atoms with van der Waals surface area (Å²) in [6.45, 7) is 16.8. The van der Waals surface area contributed by atoms with Crippen LogP contribution in [0.1, 0.15) is 114 Å². The van der Waals surface area contributed by atoms with E-state index in [1.807, 2.05) is 34.6 Å². The molecule has 0 unspecified atom stereocenters. The van der Waals surface area contributed by atoms with Crippen LogP contribution in [0.3, 0.4) is 0 Å². The summed E-state index contributed by atoms with van der Waals surface area (Å²) in [6, 6.07) is 0. The molecule has 18 nitrogen and oxygen atoms in total. The van der Waals surface area contributed by atoms with Gasteiger partial charge in [-0.15, -0.1) is 0 Å². The van der Waals surface area contributed by atoms with Crippen LogP contribution in [0.5, 0.6) is 0 Å². The van der Waals surface area contributed by atoms with Crippen LogP contribution in [-0.4, -0.2) is 191 Å². The van der Waals surface area contributed by atoms with Gasteiger partial charge in [0.1, 0.15) is 67.1 Å². The maximum atomic E-state index is 12.7. The molecule has 0 radical (unpaired) electrons. The van der Waals surface area contributed by atoms with E-state index >= 15 is 0 Å². The average Bonchev–Trinajstić information content (AvgIpc) is 3.64. The third-order valence-electron chi connectivity index (χ3n) is 18.7. The fraction of sp³-hybridized carbons (Fsp3) is 0.958. The molecule has 0 aromatic heterocycles. The van der Waals surface area contributed by atoms with E-state index in [1.165, 1.54) is 6.92 Å². The van der Waals surface area contributed by atoms with Crippen molar-refractivity contribution in [2.75, 3.05) is 13.2 Å². The Hall–Kier alpha value is -0.980. The topological polar surface area (TPSA) is 298 Å². The summed E-state index contributed by atoms with van der Waals surface area (Å²) < 4.78 is 38.1. The first kappa shape index (κ1) is 52.8. The van der Waals surface area contributed by atoms with Gasteiger partial charge in [-0.1, -0.05) is 46.3 Å². The van der Waals surface area contributed by atoms with Crippen LogP contribution < -0.4 is 0 Å². The van der Waals surface area contributed by atoms with E-state index < -0.39 is 151 Å². The minimum atomic E-state index is -1.75. The van der Waals surface area contributed by atoms with Crippen molar-refractivity contribution in [3.05, 3.63) is 11.6 Å². The van der Waals surface area contributed by atoms with Crippen LogP contribution >= 0.6 is 0 Å². The van der Waals surface area contributed by atoms with Crippen molar-refractivity contribution in [3.8, 4) is 0 Å². The molecule has 4 saturated carbocycles. The summed E-state index contributed by atoms with van der Waals surface area (Å²) in [5, 5.41) is 132. The van der Waals surface area contributed by atoms with E-state index in [-0.39, 0.29) is 23.7 Å². The van der Waals surface area contributed by atoms with Crippen molar-refractivity contribution < 1.29 is 89.7 Å². The van der Waals surface area contributed by atoms with E-state index in [0.29, 0.717) is 51.4 Å². The van der Waals surface area contributed by atoms with Gasteiger partial charge in [-0.25, -0.2) is 0 Å². The number of hydrogen-bond acceptors (Lipinski definition) is 18. The summed E-state index contributed by atoms with van der Waals surface area (Å²) in [4.78, 5) is 0. The van der Waals surface area contributed by atoms with Crippen molar-refractivity contribution >= 4 is 0 Å². The lowest BCUT2D eigenvalue weighted by Crippen LogP contribution is -2.71. The van der Waals surface area contributed by atoms with E-state index in [0.717, 1.165) is 5.57 Å². The van der Waals surface area contributed by atoms with Crippen LogP contribution in [0.2, 0.25) is 0 Å². The number of aliphatic hydroxyl groups is 12. The van der Waals surface area contributed by atoms with Gasteiger partial charge in [0, 0.05) is 0 Å². The fourth-order valence-corrected chi connectivity index (χ4v) is 14.9. The first-order valence-electron chi connectivity index (χ1n) is 24.3. The summed E-state index contributed by atoms with van der Waals surface area (Å²) in [6.07, 6.45) is -18.3. The highest BCUT2D eigenvalue weighted by Gasteiger charge is 2.74. The lowest BCUT2D eigenvalue weighted by molar-refractivity contribution is -0.382. The Bertz CT molecular complexity index is 1700. The third kappa shape index (κ3) is 8.69. The molecule has 0 aromatic rings. The average molecular weight is 947 g/mol. The maximum absolute atomic E-state index is 12.7. The Kier molecular flexibility index (Phi) is 15.4. The third-order valence-corrected chi connectivity index (χ3v) is 18.7. The molecule has 0 bridgehead atoms. The molecule has 7 fully saturated rings. The highest BCUT2D eigenvalue weighted by Crippen LogP contribution is 2.76. The quantitative estimate of drug-likeness (QED) is 0.0904. The van der Waals surface area contributed by atoms with Crippen LogP contribution in [0.15, 0.2) is 11.6 Å². The second kappa shape index (κ2) is 19.2. The van der Waals surface area contributed by atoms with Gasteiger partial charge >= 0.3 is 0 Å². The zero-order valence-corrected chi connectivity index (χ0v) is 40.2. The molecule has 4 aliphatic carbocycles. The van der Waals surface area contributed by atoms with Crippen molar-refractivity contribution in [1.82, 2.24) is 0 Å². The smallest absolute Gasteiger partial charge is 0.187 e. The molecule has 382 valence electrons. The van der Waals surface area contributed by atoms with Crippen molar-refractivity contribution in [2.45, 2.75) is 230 Å². The Morgan fingerprint density at radius 2 is 1.27 bits per heavy atom. The number of allylic oxidation sites excluding steroid dienone is 2. The predicted octanol–water partition coefficient (Wildman–Crippen LogP) is -0.0284. The molecule has 12 N–H and O–H groups in total. The molecule has 7 aliphatic rings. The molecule has 3 saturated heterocycles. The molecule has 18 heteroatoms.